The van der Waals surface area contributed by atoms with E-state index in [9.17, 15) is 0 Å². The molecule has 130 valence electrons. The van der Waals surface area contributed by atoms with Crippen molar-refractivity contribution in [1.29, 1.82) is 0 Å². The van der Waals surface area contributed by atoms with Gasteiger partial charge in [0, 0.05) is 27.7 Å². The smallest absolute Gasteiger partial charge is 0.141 e. The molecule has 3 aromatic rings. The van der Waals surface area contributed by atoms with Crippen molar-refractivity contribution >= 4 is 10.9 Å². The number of aromatic nitrogens is 1. The van der Waals surface area contributed by atoms with Gasteiger partial charge in [-0.3, -0.25) is 0 Å². The van der Waals surface area contributed by atoms with Crippen molar-refractivity contribution in [3.05, 3.63) is 70.9 Å². The Morgan fingerprint density at radius 1 is 0.960 bits per heavy atom. The van der Waals surface area contributed by atoms with Crippen molar-refractivity contribution < 1.29 is 4.90 Å². The van der Waals surface area contributed by atoms with Gasteiger partial charge < -0.3 is 9.88 Å². The summed E-state index contributed by atoms with van der Waals surface area (Å²) in [5, 5.41) is 1.39. The highest BCUT2D eigenvalue weighted by molar-refractivity contribution is 5.85. The van der Waals surface area contributed by atoms with Gasteiger partial charge in [-0.05, 0) is 38.7 Å². The number of quaternary nitrogens is 1. The fraction of sp³-hybridized carbons (Fsp3) is 0.391. The SMILES string of the molecule is Cc1ccc(C(c2c(C)[nH]c3ccccc23)[NH+]2CCC(C)CC2)cc1. The van der Waals surface area contributed by atoms with Crippen LogP contribution in [0.2, 0.25) is 0 Å². The number of hydrogen-bond acceptors (Lipinski definition) is 0. The Kier molecular flexibility index (Phi) is 4.39. The topological polar surface area (TPSA) is 20.2 Å². The second-order valence-corrected chi connectivity index (χ2v) is 7.89. The molecule has 25 heavy (non-hydrogen) atoms. The Labute approximate surface area is 150 Å². The third-order valence-electron chi connectivity index (χ3n) is 5.97. The molecule has 0 amide bonds. The number of hydrogen-bond donors (Lipinski definition) is 2. The first kappa shape index (κ1) is 16.4. The molecule has 2 heteroatoms. The molecule has 2 heterocycles. The minimum atomic E-state index is 0.421. The normalized spacial score (nSPS) is 22.2. The molecule has 2 nitrogen and oxygen atoms in total. The second-order valence-electron chi connectivity index (χ2n) is 7.89. The van der Waals surface area contributed by atoms with Crippen LogP contribution in [0.15, 0.2) is 48.5 Å². The Morgan fingerprint density at radius 3 is 2.36 bits per heavy atom. The van der Waals surface area contributed by atoms with Crippen LogP contribution in [0.3, 0.4) is 0 Å². The number of H-pyrrole nitrogens is 1. The molecular weight excluding hydrogens is 304 g/mol. The maximum absolute atomic E-state index is 3.62. The molecule has 0 bridgehead atoms. The second kappa shape index (κ2) is 6.68. The van der Waals surface area contributed by atoms with Crippen LogP contribution in [-0.4, -0.2) is 18.1 Å². The summed E-state index contributed by atoms with van der Waals surface area (Å²) in [6, 6.07) is 18.4. The van der Waals surface area contributed by atoms with Gasteiger partial charge in [-0.1, -0.05) is 55.0 Å². The van der Waals surface area contributed by atoms with Crippen molar-refractivity contribution in [2.24, 2.45) is 5.92 Å². The minimum Gasteiger partial charge on any atom is -0.358 e. The monoisotopic (exact) mass is 333 g/mol. The lowest BCUT2D eigenvalue weighted by Crippen LogP contribution is -3.13. The van der Waals surface area contributed by atoms with Crippen molar-refractivity contribution in [2.75, 3.05) is 13.1 Å². The van der Waals surface area contributed by atoms with Crippen LogP contribution in [-0.2, 0) is 0 Å². The Balaban J connectivity index is 1.84. The molecule has 1 aliphatic heterocycles. The van der Waals surface area contributed by atoms with Crippen LogP contribution >= 0.6 is 0 Å². The summed E-state index contributed by atoms with van der Waals surface area (Å²) in [4.78, 5) is 5.34. The van der Waals surface area contributed by atoms with Gasteiger partial charge in [-0.15, -0.1) is 0 Å². The van der Waals surface area contributed by atoms with E-state index >= 15 is 0 Å². The largest absolute Gasteiger partial charge is 0.358 e. The molecular formula is C23H29N2+. The number of benzene rings is 2. The maximum atomic E-state index is 3.62. The number of aromatic amines is 1. The molecule has 1 fully saturated rings. The summed E-state index contributed by atoms with van der Waals surface area (Å²) in [5.74, 6) is 0.867. The van der Waals surface area contributed by atoms with Gasteiger partial charge in [0.25, 0.3) is 0 Å². The van der Waals surface area contributed by atoms with E-state index in [1.807, 2.05) is 0 Å². The van der Waals surface area contributed by atoms with Crippen LogP contribution < -0.4 is 4.90 Å². The molecule has 2 N–H and O–H groups in total. The van der Waals surface area contributed by atoms with Gasteiger partial charge in [-0.2, -0.15) is 0 Å². The van der Waals surface area contributed by atoms with Crippen LogP contribution in [0, 0.1) is 19.8 Å². The number of fused-ring (bicyclic) bond motifs is 1. The summed E-state index contributed by atoms with van der Waals surface area (Å²) in [6.07, 6.45) is 2.66. The summed E-state index contributed by atoms with van der Waals surface area (Å²) < 4.78 is 0. The first-order chi connectivity index (χ1) is 12.1. The lowest BCUT2D eigenvalue weighted by atomic mass is 9.90. The predicted octanol–water partition coefficient (Wildman–Crippen LogP) is 4.19. The minimum absolute atomic E-state index is 0.421. The molecule has 1 aliphatic rings. The van der Waals surface area contributed by atoms with E-state index in [4.69, 9.17) is 0 Å². The van der Waals surface area contributed by atoms with Crippen molar-refractivity contribution in [3.63, 3.8) is 0 Å². The highest BCUT2D eigenvalue weighted by Gasteiger charge is 2.32. The summed E-state index contributed by atoms with van der Waals surface area (Å²) in [6.45, 7) is 9.33. The zero-order valence-corrected chi connectivity index (χ0v) is 15.6. The molecule has 1 aromatic heterocycles. The van der Waals surface area contributed by atoms with E-state index in [0.29, 0.717) is 6.04 Å². The number of para-hydroxylation sites is 1. The number of likely N-dealkylation sites (tertiary alicyclic amines) is 1. The zero-order chi connectivity index (χ0) is 17.4. The molecule has 1 atom stereocenters. The molecule has 0 spiro atoms. The van der Waals surface area contributed by atoms with E-state index in [-0.39, 0.29) is 0 Å². The average molecular weight is 333 g/mol. The lowest BCUT2D eigenvalue weighted by Gasteiger charge is -2.34. The van der Waals surface area contributed by atoms with E-state index in [2.05, 4.69) is 74.3 Å². The molecule has 1 saturated heterocycles. The van der Waals surface area contributed by atoms with Gasteiger partial charge in [-0.25, -0.2) is 0 Å². The number of aryl methyl sites for hydroxylation is 2. The summed E-state index contributed by atoms with van der Waals surface area (Å²) in [5.41, 5.74) is 6.85. The van der Waals surface area contributed by atoms with Crippen molar-refractivity contribution in [1.82, 2.24) is 4.98 Å². The summed E-state index contributed by atoms with van der Waals surface area (Å²) in [7, 11) is 0. The van der Waals surface area contributed by atoms with Crippen LogP contribution in [0.5, 0.6) is 0 Å². The van der Waals surface area contributed by atoms with Gasteiger partial charge >= 0.3 is 0 Å². The molecule has 0 saturated carbocycles. The first-order valence-electron chi connectivity index (χ1n) is 9.62. The number of nitrogens with one attached hydrogen (secondary N) is 2. The Bertz CT molecular complexity index is 851. The summed E-state index contributed by atoms with van der Waals surface area (Å²) >= 11 is 0. The number of rotatable bonds is 3. The Hall–Kier alpha value is -2.06. The highest BCUT2D eigenvalue weighted by Crippen LogP contribution is 2.31. The van der Waals surface area contributed by atoms with Crippen molar-refractivity contribution in [2.45, 2.75) is 39.7 Å². The third kappa shape index (κ3) is 3.11. The molecule has 0 radical (unpaired) electrons. The first-order valence-corrected chi connectivity index (χ1v) is 9.62. The fourth-order valence-corrected chi connectivity index (χ4v) is 4.46. The number of piperidine rings is 1. The molecule has 2 aromatic carbocycles. The molecule has 1 unspecified atom stereocenters. The van der Waals surface area contributed by atoms with Crippen LogP contribution in [0.25, 0.3) is 10.9 Å². The van der Waals surface area contributed by atoms with Crippen LogP contribution in [0.1, 0.15) is 48.2 Å². The fourth-order valence-electron chi connectivity index (χ4n) is 4.46. The van der Waals surface area contributed by atoms with Gasteiger partial charge in [0.05, 0.1) is 13.1 Å². The maximum Gasteiger partial charge on any atom is 0.141 e. The molecule has 4 rings (SSSR count). The zero-order valence-electron chi connectivity index (χ0n) is 15.6. The predicted molar refractivity (Wildman–Crippen MR) is 105 cm³/mol. The Morgan fingerprint density at radius 2 is 1.64 bits per heavy atom. The quantitative estimate of drug-likeness (QED) is 0.717. The highest BCUT2D eigenvalue weighted by atomic mass is 15.2. The lowest BCUT2D eigenvalue weighted by molar-refractivity contribution is -0.931. The van der Waals surface area contributed by atoms with E-state index in [1.165, 1.54) is 59.2 Å². The van der Waals surface area contributed by atoms with E-state index < -0.39 is 0 Å². The van der Waals surface area contributed by atoms with E-state index in [0.717, 1.165) is 5.92 Å². The standard InChI is InChI=1S/C23H28N2/c1-16-8-10-19(11-9-16)23(25-14-12-17(2)13-15-25)22-18(3)24-21-7-5-4-6-20(21)22/h4-11,17,23-24H,12-15H2,1-3H3/p+1. The van der Waals surface area contributed by atoms with Crippen LogP contribution in [0.4, 0.5) is 0 Å². The average Bonchev–Trinajstić information content (AvgIpc) is 2.95. The van der Waals surface area contributed by atoms with Gasteiger partial charge in [0.15, 0.2) is 0 Å². The van der Waals surface area contributed by atoms with Gasteiger partial charge in [0.2, 0.25) is 0 Å². The molecule has 0 aliphatic carbocycles. The van der Waals surface area contributed by atoms with E-state index in [1.54, 1.807) is 4.90 Å². The van der Waals surface area contributed by atoms with Gasteiger partial charge in [0.1, 0.15) is 6.04 Å². The van der Waals surface area contributed by atoms with Crippen molar-refractivity contribution in [3.8, 4) is 0 Å². The third-order valence-corrected chi connectivity index (χ3v) is 5.97.